The summed E-state index contributed by atoms with van der Waals surface area (Å²) in [6.45, 7) is 2.02. The molecule has 0 saturated carbocycles. The van der Waals surface area contributed by atoms with Crippen LogP contribution < -0.4 is 10.2 Å². The summed E-state index contributed by atoms with van der Waals surface area (Å²) in [4.78, 5) is 13.2. The average Bonchev–Trinajstić information content (AvgIpc) is 3.17. The Morgan fingerprint density at radius 2 is 1.84 bits per heavy atom. The van der Waals surface area contributed by atoms with Crippen LogP contribution in [0.25, 0.3) is 0 Å². The lowest BCUT2D eigenvalue weighted by Crippen LogP contribution is -2.44. The van der Waals surface area contributed by atoms with Gasteiger partial charge >= 0.3 is 6.18 Å². The quantitative estimate of drug-likeness (QED) is 0.396. The van der Waals surface area contributed by atoms with Crippen LogP contribution in [0.2, 0.25) is 15.1 Å². The van der Waals surface area contributed by atoms with Crippen LogP contribution in [0.4, 0.5) is 18.9 Å². The summed E-state index contributed by atoms with van der Waals surface area (Å²) in [7, 11) is 0. The van der Waals surface area contributed by atoms with E-state index in [1.807, 2.05) is 0 Å². The summed E-state index contributed by atoms with van der Waals surface area (Å²) in [5.74, 6) is -0.0780. The Morgan fingerprint density at radius 3 is 2.39 bits per heavy atom. The smallest absolute Gasteiger partial charge is 0.370 e. The van der Waals surface area contributed by atoms with Crippen LogP contribution in [0.15, 0.2) is 34.8 Å². The minimum Gasteiger partial charge on any atom is -0.370 e. The summed E-state index contributed by atoms with van der Waals surface area (Å²) in [6, 6.07) is 7.82. The molecule has 10 heteroatoms. The van der Waals surface area contributed by atoms with Gasteiger partial charge in [-0.15, -0.1) is 0 Å². The summed E-state index contributed by atoms with van der Waals surface area (Å²) in [5, 5.41) is 2.80. The third-order valence-electron chi connectivity index (χ3n) is 5.55. The third-order valence-corrected chi connectivity index (χ3v) is 7.48. The fraction of sp³-hybridized carbons (Fsp3) is 0.381. The topological polar surface area (TPSA) is 32.3 Å². The Balaban J connectivity index is 1.90. The van der Waals surface area contributed by atoms with Crippen LogP contribution in [-0.4, -0.2) is 25.2 Å². The minimum absolute atomic E-state index is 0.000126. The molecule has 0 aromatic heterocycles. The summed E-state index contributed by atoms with van der Waals surface area (Å²) in [5.41, 5.74) is -0.636. The van der Waals surface area contributed by atoms with Crippen molar-refractivity contribution in [2.24, 2.45) is 0 Å². The zero-order chi connectivity index (χ0) is 23.0. The number of hydrogen-bond donors (Lipinski definition) is 1. The number of carbonyl (C=O) groups is 1. The molecule has 2 aromatic rings. The molecular weight excluding hydrogens is 540 g/mol. The van der Waals surface area contributed by atoms with Gasteiger partial charge < -0.3 is 10.2 Å². The van der Waals surface area contributed by atoms with Gasteiger partial charge in [-0.25, -0.2) is 0 Å². The molecule has 168 valence electrons. The standard InChI is InChI=1S/C21H19BrCl3F3N2O/c1-2-18(31)29-10-12-3-4-14(9-15(12)22)30-6-5-20(11-30,21(26,27)28)13-7-16(23)19(25)17(24)8-13/h3-4,7-9H,2,5-6,10-11H2,1H3,(H,29,31). The number of benzene rings is 2. The SMILES string of the molecule is CCC(=O)NCc1ccc(N2CCC(c3cc(Cl)c(Cl)c(Cl)c3)(C(F)(F)F)C2)cc1Br. The maximum atomic E-state index is 14.3. The molecule has 0 radical (unpaired) electrons. The maximum Gasteiger partial charge on any atom is 0.400 e. The molecule has 3 rings (SSSR count). The molecule has 1 aliphatic heterocycles. The van der Waals surface area contributed by atoms with E-state index in [9.17, 15) is 18.0 Å². The number of carbonyl (C=O) groups excluding carboxylic acids is 1. The first-order valence-corrected chi connectivity index (χ1v) is 11.4. The van der Waals surface area contributed by atoms with Crippen molar-refractivity contribution in [3.05, 3.63) is 61.0 Å². The van der Waals surface area contributed by atoms with Crippen molar-refractivity contribution in [1.29, 1.82) is 0 Å². The van der Waals surface area contributed by atoms with Crippen molar-refractivity contribution >= 4 is 62.3 Å². The first kappa shape index (κ1) is 24.5. The Kier molecular flexibility index (Phi) is 7.41. The fourth-order valence-electron chi connectivity index (χ4n) is 3.69. The number of rotatable bonds is 5. The van der Waals surface area contributed by atoms with Crippen LogP contribution in [0, 0.1) is 0 Å². The zero-order valence-corrected chi connectivity index (χ0v) is 20.3. The molecule has 3 nitrogen and oxygen atoms in total. The second-order valence-corrected chi connectivity index (χ2v) is 9.46. The van der Waals surface area contributed by atoms with Gasteiger partial charge in [0.2, 0.25) is 5.91 Å². The van der Waals surface area contributed by atoms with Crippen LogP contribution in [-0.2, 0) is 16.8 Å². The number of amides is 1. The molecule has 31 heavy (non-hydrogen) atoms. The summed E-state index contributed by atoms with van der Waals surface area (Å²) in [6.07, 6.45) is -4.28. The zero-order valence-electron chi connectivity index (χ0n) is 16.4. The number of nitrogens with one attached hydrogen (secondary N) is 1. The molecule has 1 unspecified atom stereocenters. The van der Waals surface area contributed by atoms with Crippen LogP contribution in [0.5, 0.6) is 0 Å². The van der Waals surface area contributed by atoms with Crippen molar-refractivity contribution < 1.29 is 18.0 Å². The third kappa shape index (κ3) is 4.95. The molecule has 2 aromatic carbocycles. The Labute approximate surface area is 202 Å². The number of halogens is 7. The van der Waals surface area contributed by atoms with E-state index < -0.39 is 11.6 Å². The minimum atomic E-state index is -4.51. The van der Waals surface area contributed by atoms with Gasteiger partial charge in [-0.3, -0.25) is 4.79 Å². The van der Waals surface area contributed by atoms with Crippen LogP contribution in [0.3, 0.4) is 0 Å². The first-order chi connectivity index (χ1) is 14.5. The van der Waals surface area contributed by atoms with E-state index in [1.54, 1.807) is 30.0 Å². The van der Waals surface area contributed by atoms with Crippen LogP contribution in [0.1, 0.15) is 30.9 Å². The normalized spacial score (nSPS) is 19.0. The lowest BCUT2D eigenvalue weighted by atomic mass is 9.79. The highest BCUT2D eigenvalue weighted by atomic mass is 79.9. The second-order valence-electron chi connectivity index (χ2n) is 7.41. The van der Waals surface area contributed by atoms with Gasteiger partial charge in [0.15, 0.2) is 0 Å². The maximum absolute atomic E-state index is 14.3. The first-order valence-electron chi connectivity index (χ1n) is 9.50. The molecule has 0 bridgehead atoms. The van der Waals surface area contributed by atoms with E-state index in [-0.39, 0.29) is 46.0 Å². The van der Waals surface area contributed by atoms with E-state index in [2.05, 4.69) is 21.2 Å². The Morgan fingerprint density at radius 1 is 1.19 bits per heavy atom. The highest BCUT2D eigenvalue weighted by Gasteiger charge is 2.59. The van der Waals surface area contributed by atoms with Crippen molar-refractivity contribution in [3.63, 3.8) is 0 Å². The predicted octanol–water partition coefficient (Wildman–Crippen LogP) is 7.15. The van der Waals surface area contributed by atoms with Gasteiger partial charge in [-0.1, -0.05) is 63.7 Å². The molecule has 0 aliphatic carbocycles. The average molecular weight is 559 g/mol. The lowest BCUT2D eigenvalue weighted by molar-refractivity contribution is -0.184. The van der Waals surface area contributed by atoms with Gasteiger partial charge in [0, 0.05) is 36.2 Å². The molecule has 1 fully saturated rings. The van der Waals surface area contributed by atoms with Gasteiger partial charge in [-0.2, -0.15) is 13.2 Å². The second kappa shape index (κ2) is 9.38. The van der Waals surface area contributed by atoms with Gasteiger partial charge in [-0.05, 0) is 41.8 Å². The number of alkyl halides is 3. The van der Waals surface area contributed by atoms with Crippen molar-refractivity contribution in [2.45, 2.75) is 37.9 Å². The van der Waals surface area contributed by atoms with Crippen molar-refractivity contribution in [2.75, 3.05) is 18.0 Å². The monoisotopic (exact) mass is 556 g/mol. The molecule has 1 N–H and O–H groups in total. The van der Waals surface area contributed by atoms with Crippen LogP contribution >= 0.6 is 50.7 Å². The molecule has 1 amide bonds. The number of anilines is 1. The van der Waals surface area contributed by atoms with Gasteiger partial charge in [0.25, 0.3) is 0 Å². The molecule has 1 heterocycles. The van der Waals surface area contributed by atoms with Gasteiger partial charge in [0.05, 0.1) is 15.1 Å². The highest BCUT2D eigenvalue weighted by Crippen LogP contribution is 2.50. The summed E-state index contributed by atoms with van der Waals surface area (Å²) >= 11 is 21.5. The van der Waals surface area contributed by atoms with Gasteiger partial charge in [0.1, 0.15) is 5.41 Å². The molecule has 0 spiro atoms. The van der Waals surface area contributed by atoms with Crippen molar-refractivity contribution in [3.8, 4) is 0 Å². The van der Waals surface area contributed by atoms with E-state index >= 15 is 0 Å². The lowest BCUT2D eigenvalue weighted by Gasteiger charge is -2.33. The predicted molar refractivity (Wildman–Crippen MR) is 122 cm³/mol. The molecule has 1 saturated heterocycles. The van der Waals surface area contributed by atoms with E-state index in [1.165, 1.54) is 12.1 Å². The fourth-order valence-corrected chi connectivity index (χ4v) is 4.79. The molecule has 1 atom stereocenters. The molecule has 1 aliphatic rings. The molecular formula is C21H19BrCl3F3N2O. The number of hydrogen-bond acceptors (Lipinski definition) is 2. The highest BCUT2D eigenvalue weighted by molar-refractivity contribution is 9.10. The van der Waals surface area contributed by atoms with E-state index in [0.29, 0.717) is 23.1 Å². The Hall–Kier alpha value is -1.15. The summed E-state index contributed by atoms with van der Waals surface area (Å²) < 4.78 is 43.6. The van der Waals surface area contributed by atoms with E-state index in [0.717, 1.165) is 5.56 Å². The van der Waals surface area contributed by atoms with Crippen molar-refractivity contribution in [1.82, 2.24) is 5.32 Å². The largest absolute Gasteiger partial charge is 0.400 e. The number of nitrogens with zero attached hydrogens (tertiary/aromatic N) is 1. The van der Waals surface area contributed by atoms with E-state index in [4.69, 9.17) is 34.8 Å². The Bertz CT molecular complexity index is 979.